The Balaban J connectivity index is 2.07. The largest absolute Gasteiger partial charge is 0.411 e. The van der Waals surface area contributed by atoms with E-state index in [9.17, 15) is 4.79 Å². The van der Waals surface area contributed by atoms with Gasteiger partial charge in [-0.3, -0.25) is 4.79 Å². The predicted molar refractivity (Wildman–Crippen MR) is 82.6 cm³/mol. The Hall–Kier alpha value is -1.14. The van der Waals surface area contributed by atoms with Crippen molar-refractivity contribution in [2.75, 3.05) is 5.75 Å². The number of Topliss-reactive ketones (excluding diaryl/α,β-unsaturated/α-hetero) is 1. The summed E-state index contributed by atoms with van der Waals surface area (Å²) in [5.41, 5.74) is 0.493. The fourth-order valence-corrected chi connectivity index (χ4v) is 2.73. The number of hydrogen-bond donors (Lipinski definition) is 0. The molecule has 0 fully saturated rings. The minimum Gasteiger partial charge on any atom is -0.411 e. The Morgan fingerprint density at radius 1 is 1.30 bits per heavy atom. The van der Waals surface area contributed by atoms with Crippen LogP contribution >= 0.6 is 27.7 Å². The lowest BCUT2D eigenvalue weighted by atomic mass is 9.92. The first-order valence-electron chi connectivity index (χ1n) is 6.12. The molecule has 1 heterocycles. The van der Waals surface area contributed by atoms with E-state index >= 15 is 0 Å². The summed E-state index contributed by atoms with van der Waals surface area (Å²) < 4.78 is 6.47. The molecule has 0 amide bonds. The first-order chi connectivity index (χ1) is 9.38. The van der Waals surface area contributed by atoms with Gasteiger partial charge in [0.25, 0.3) is 5.22 Å². The zero-order valence-electron chi connectivity index (χ0n) is 11.5. The second-order valence-corrected chi connectivity index (χ2v) is 7.10. The average Bonchev–Trinajstić information content (AvgIpc) is 2.84. The number of carbonyl (C=O) groups is 1. The van der Waals surface area contributed by atoms with Crippen LogP contribution in [0.2, 0.25) is 0 Å². The van der Waals surface area contributed by atoms with Crippen molar-refractivity contribution < 1.29 is 9.21 Å². The minimum absolute atomic E-state index is 0.156. The van der Waals surface area contributed by atoms with Gasteiger partial charge in [-0.15, -0.1) is 10.2 Å². The number of carbonyl (C=O) groups excluding carboxylic acids is 1. The maximum absolute atomic E-state index is 11.9. The van der Waals surface area contributed by atoms with E-state index in [2.05, 4.69) is 26.1 Å². The van der Waals surface area contributed by atoms with Crippen molar-refractivity contribution in [3.8, 4) is 11.5 Å². The van der Waals surface area contributed by atoms with E-state index in [1.54, 1.807) is 0 Å². The molecule has 4 nitrogen and oxygen atoms in total. The van der Waals surface area contributed by atoms with Crippen LogP contribution in [0.25, 0.3) is 11.5 Å². The molecule has 1 aromatic heterocycles. The molecule has 0 saturated heterocycles. The van der Waals surface area contributed by atoms with Crippen molar-refractivity contribution in [3.05, 3.63) is 28.7 Å². The van der Waals surface area contributed by atoms with E-state index in [1.165, 1.54) is 11.8 Å². The second kappa shape index (κ2) is 6.10. The molecule has 2 aromatic rings. The number of rotatable bonds is 4. The molecule has 2 rings (SSSR count). The van der Waals surface area contributed by atoms with Gasteiger partial charge in [-0.1, -0.05) is 44.7 Å². The quantitative estimate of drug-likeness (QED) is 0.769. The third-order valence-corrected chi connectivity index (χ3v) is 4.18. The normalized spacial score (nSPS) is 11.6. The number of nitrogens with zero attached hydrogens (tertiary/aromatic N) is 2. The molecular weight excluding hydrogens is 340 g/mol. The summed E-state index contributed by atoms with van der Waals surface area (Å²) in [7, 11) is 0. The summed E-state index contributed by atoms with van der Waals surface area (Å²) in [6, 6.07) is 7.63. The van der Waals surface area contributed by atoms with Crippen LogP contribution in [-0.4, -0.2) is 21.7 Å². The van der Waals surface area contributed by atoms with Gasteiger partial charge in [0, 0.05) is 9.89 Å². The molecule has 106 valence electrons. The van der Waals surface area contributed by atoms with E-state index in [-0.39, 0.29) is 11.2 Å². The molecule has 0 aliphatic rings. The Kier molecular flexibility index (Phi) is 4.65. The van der Waals surface area contributed by atoms with Gasteiger partial charge in [0.2, 0.25) is 5.89 Å². The van der Waals surface area contributed by atoms with Crippen molar-refractivity contribution in [2.24, 2.45) is 5.41 Å². The molecule has 0 aliphatic carbocycles. The molecule has 20 heavy (non-hydrogen) atoms. The van der Waals surface area contributed by atoms with Crippen molar-refractivity contribution >= 4 is 33.5 Å². The van der Waals surface area contributed by atoms with E-state index in [4.69, 9.17) is 4.42 Å². The van der Waals surface area contributed by atoms with E-state index in [0.717, 1.165) is 10.0 Å². The van der Waals surface area contributed by atoms with Gasteiger partial charge in [0.05, 0.1) is 11.3 Å². The van der Waals surface area contributed by atoms with E-state index in [1.807, 2.05) is 45.0 Å². The monoisotopic (exact) mass is 354 g/mol. The Bertz CT molecular complexity index is 620. The van der Waals surface area contributed by atoms with Crippen LogP contribution in [0.3, 0.4) is 0 Å². The topological polar surface area (TPSA) is 56.0 Å². The average molecular weight is 355 g/mol. The number of halogens is 1. The highest BCUT2D eigenvalue weighted by Crippen LogP contribution is 2.29. The van der Waals surface area contributed by atoms with Crippen LogP contribution in [0, 0.1) is 5.41 Å². The van der Waals surface area contributed by atoms with Gasteiger partial charge in [-0.2, -0.15) is 0 Å². The number of aromatic nitrogens is 2. The van der Waals surface area contributed by atoms with Crippen LogP contribution in [0.1, 0.15) is 20.8 Å². The first kappa shape index (κ1) is 15.3. The molecule has 0 saturated carbocycles. The summed E-state index contributed by atoms with van der Waals surface area (Å²) in [5.74, 6) is 0.937. The van der Waals surface area contributed by atoms with Gasteiger partial charge in [-0.25, -0.2) is 0 Å². The second-order valence-electron chi connectivity index (χ2n) is 5.31. The van der Waals surface area contributed by atoms with Gasteiger partial charge in [0.1, 0.15) is 5.78 Å². The summed E-state index contributed by atoms with van der Waals surface area (Å²) in [6.07, 6.45) is 0. The fourth-order valence-electron chi connectivity index (χ4n) is 1.36. The highest BCUT2D eigenvalue weighted by Gasteiger charge is 2.22. The lowest BCUT2D eigenvalue weighted by Crippen LogP contribution is -2.21. The molecule has 0 radical (unpaired) electrons. The van der Waals surface area contributed by atoms with Gasteiger partial charge in [0.15, 0.2) is 0 Å². The smallest absolute Gasteiger partial charge is 0.277 e. The zero-order chi connectivity index (χ0) is 14.8. The summed E-state index contributed by atoms with van der Waals surface area (Å²) >= 11 is 4.71. The molecular formula is C14H15BrN2O2S. The Morgan fingerprint density at radius 2 is 2.00 bits per heavy atom. The van der Waals surface area contributed by atoms with E-state index < -0.39 is 0 Å². The lowest BCUT2D eigenvalue weighted by molar-refractivity contribution is -0.123. The lowest BCUT2D eigenvalue weighted by Gasteiger charge is -2.14. The third kappa shape index (κ3) is 3.70. The molecule has 0 aliphatic heterocycles. The van der Waals surface area contributed by atoms with Crippen molar-refractivity contribution in [1.29, 1.82) is 0 Å². The Labute approximate surface area is 130 Å². The van der Waals surface area contributed by atoms with Crippen molar-refractivity contribution in [3.63, 3.8) is 0 Å². The summed E-state index contributed by atoms with van der Waals surface area (Å²) in [4.78, 5) is 11.9. The number of thioether (sulfide) groups is 1. The maximum atomic E-state index is 11.9. The molecule has 0 atom stereocenters. The van der Waals surface area contributed by atoms with E-state index in [0.29, 0.717) is 16.9 Å². The predicted octanol–water partition coefficient (Wildman–Crippen LogP) is 4.21. The van der Waals surface area contributed by atoms with Crippen molar-refractivity contribution in [2.45, 2.75) is 26.0 Å². The molecule has 6 heteroatoms. The SMILES string of the molecule is CC(C)(C)C(=O)CSc1nnc(-c2ccccc2Br)o1. The first-order valence-corrected chi connectivity index (χ1v) is 7.90. The molecule has 0 N–H and O–H groups in total. The Morgan fingerprint density at radius 3 is 2.65 bits per heavy atom. The minimum atomic E-state index is -0.349. The zero-order valence-corrected chi connectivity index (χ0v) is 13.9. The highest BCUT2D eigenvalue weighted by atomic mass is 79.9. The van der Waals surface area contributed by atoms with Crippen LogP contribution in [0.15, 0.2) is 38.4 Å². The number of benzene rings is 1. The molecule has 0 bridgehead atoms. The van der Waals surface area contributed by atoms with Gasteiger partial charge in [-0.05, 0) is 28.1 Å². The van der Waals surface area contributed by atoms with Crippen LogP contribution < -0.4 is 0 Å². The third-order valence-electron chi connectivity index (χ3n) is 2.67. The summed E-state index contributed by atoms with van der Waals surface area (Å²) in [6.45, 7) is 5.70. The number of hydrogen-bond acceptors (Lipinski definition) is 5. The highest BCUT2D eigenvalue weighted by molar-refractivity contribution is 9.10. The molecule has 0 spiro atoms. The maximum Gasteiger partial charge on any atom is 0.277 e. The number of ketones is 1. The van der Waals surface area contributed by atoms with Gasteiger partial charge >= 0.3 is 0 Å². The standard InChI is InChI=1S/C14H15BrN2O2S/c1-14(2,3)11(18)8-20-13-17-16-12(19-13)9-6-4-5-7-10(9)15/h4-7H,8H2,1-3H3. The molecule has 0 unspecified atom stereocenters. The summed E-state index contributed by atoms with van der Waals surface area (Å²) in [5, 5.41) is 8.38. The van der Waals surface area contributed by atoms with Crippen molar-refractivity contribution in [1.82, 2.24) is 10.2 Å². The van der Waals surface area contributed by atoms with Gasteiger partial charge < -0.3 is 4.42 Å². The van der Waals surface area contributed by atoms with Crippen LogP contribution in [-0.2, 0) is 4.79 Å². The van der Waals surface area contributed by atoms with Crippen LogP contribution in [0.5, 0.6) is 0 Å². The fraction of sp³-hybridized carbons (Fsp3) is 0.357. The molecule has 1 aromatic carbocycles. The van der Waals surface area contributed by atoms with Crippen LogP contribution in [0.4, 0.5) is 0 Å².